The number of aromatic nitrogens is 4. The molecule has 150 valence electrons. The summed E-state index contributed by atoms with van der Waals surface area (Å²) in [4.78, 5) is 31.2. The molecule has 2 aromatic heterocycles. The summed E-state index contributed by atoms with van der Waals surface area (Å²) in [6, 6.07) is 10.5. The Hall–Kier alpha value is -2.42. The van der Waals surface area contributed by atoms with Gasteiger partial charge < -0.3 is 10.3 Å². The molecule has 8 nitrogen and oxygen atoms in total. The van der Waals surface area contributed by atoms with Crippen molar-refractivity contribution in [1.29, 1.82) is 0 Å². The van der Waals surface area contributed by atoms with Crippen molar-refractivity contribution in [2.75, 3.05) is 19.6 Å². The number of imidazole rings is 1. The number of nitrogens with two attached hydrogens (primary N) is 1. The number of likely N-dealkylation sites (tertiary alicyclic amines) is 1. The second kappa shape index (κ2) is 7.90. The van der Waals surface area contributed by atoms with Crippen LogP contribution in [0, 0.1) is 0 Å². The Kier molecular flexibility index (Phi) is 5.74. The van der Waals surface area contributed by atoms with Crippen LogP contribution in [0.25, 0.3) is 11.2 Å². The van der Waals surface area contributed by atoms with Gasteiger partial charge in [-0.15, -0.1) is 12.4 Å². The average Bonchev–Trinajstić information content (AvgIpc) is 3.27. The lowest BCUT2D eigenvalue weighted by molar-refractivity contribution is 0.317. The van der Waals surface area contributed by atoms with E-state index >= 15 is 0 Å². The van der Waals surface area contributed by atoms with Gasteiger partial charge in [0, 0.05) is 52.2 Å². The van der Waals surface area contributed by atoms with Gasteiger partial charge >= 0.3 is 5.69 Å². The van der Waals surface area contributed by atoms with Gasteiger partial charge in [-0.1, -0.05) is 30.3 Å². The Bertz CT molecular complexity index is 1090. The maximum Gasteiger partial charge on any atom is 0.332 e. The van der Waals surface area contributed by atoms with Crippen LogP contribution in [0.15, 0.2) is 46.2 Å². The second-order valence-electron chi connectivity index (χ2n) is 7.26. The van der Waals surface area contributed by atoms with Crippen molar-refractivity contribution in [3.8, 4) is 0 Å². The summed E-state index contributed by atoms with van der Waals surface area (Å²) in [5.74, 6) is 0.319. The highest BCUT2D eigenvalue weighted by Crippen LogP contribution is 2.26. The smallest absolute Gasteiger partial charge is 0.326 e. The molecule has 1 saturated heterocycles. The third kappa shape index (κ3) is 3.39. The normalized spacial score (nSPS) is 19.8. The van der Waals surface area contributed by atoms with Crippen molar-refractivity contribution in [2.24, 2.45) is 19.8 Å². The lowest BCUT2D eigenvalue weighted by atomic mass is 9.95. The average molecular weight is 405 g/mol. The molecule has 0 aliphatic carbocycles. The number of benzene rings is 1. The molecule has 1 aliphatic heterocycles. The number of rotatable bonds is 4. The van der Waals surface area contributed by atoms with Crippen LogP contribution in [0.2, 0.25) is 0 Å². The minimum Gasteiger partial charge on any atom is -0.326 e. The number of hydrogen-bond donors (Lipinski definition) is 1. The van der Waals surface area contributed by atoms with E-state index in [1.165, 1.54) is 17.2 Å². The highest BCUT2D eigenvalue weighted by Gasteiger charge is 2.30. The van der Waals surface area contributed by atoms with Gasteiger partial charge in [0.2, 0.25) is 0 Å². The van der Waals surface area contributed by atoms with Crippen LogP contribution >= 0.6 is 12.4 Å². The molecule has 28 heavy (non-hydrogen) atoms. The highest BCUT2D eigenvalue weighted by molar-refractivity contribution is 5.85. The first-order valence-electron chi connectivity index (χ1n) is 9.11. The highest BCUT2D eigenvalue weighted by atomic mass is 35.5. The summed E-state index contributed by atoms with van der Waals surface area (Å²) in [6.45, 7) is 3.11. The molecule has 1 fully saturated rings. The van der Waals surface area contributed by atoms with E-state index in [9.17, 15) is 9.59 Å². The molecule has 0 spiro atoms. The van der Waals surface area contributed by atoms with E-state index in [1.807, 2.05) is 22.8 Å². The van der Waals surface area contributed by atoms with Crippen molar-refractivity contribution in [1.82, 2.24) is 23.6 Å². The van der Waals surface area contributed by atoms with Crippen LogP contribution in [0.3, 0.4) is 0 Å². The minimum absolute atomic E-state index is 0. The maximum atomic E-state index is 12.5. The summed E-state index contributed by atoms with van der Waals surface area (Å²) in [7, 11) is 3.12. The topological polar surface area (TPSA) is 91.1 Å². The summed E-state index contributed by atoms with van der Waals surface area (Å²) < 4.78 is 4.36. The number of hydrogen-bond acceptors (Lipinski definition) is 5. The molecule has 0 unspecified atom stereocenters. The van der Waals surface area contributed by atoms with Crippen molar-refractivity contribution >= 4 is 23.6 Å². The van der Waals surface area contributed by atoms with Gasteiger partial charge in [-0.25, -0.2) is 9.78 Å². The SMILES string of the molecule is Cl.Cn1c(=O)c2c(ncn2CCN2C[C@@H](N)[C@H](c3ccccc3)C2)n(C)c1=O. The summed E-state index contributed by atoms with van der Waals surface area (Å²) >= 11 is 0. The van der Waals surface area contributed by atoms with E-state index < -0.39 is 0 Å². The first-order chi connectivity index (χ1) is 13.0. The van der Waals surface area contributed by atoms with Gasteiger partial charge in [-0.3, -0.25) is 18.8 Å². The summed E-state index contributed by atoms with van der Waals surface area (Å²) in [5, 5.41) is 0. The van der Waals surface area contributed by atoms with E-state index in [4.69, 9.17) is 5.73 Å². The zero-order valence-electron chi connectivity index (χ0n) is 16.0. The van der Waals surface area contributed by atoms with Crippen LogP contribution in [-0.2, 0) is 20.6 Å². The standard InChI is InChI=1S/C19H24N6O2.ClH/c1-22-17-16(18(26)23(2)19(22)27)25(12-21-17)9-8-24-10-14(15(20)11-24)13-6-4-3-5-7-13;/h3-7,12,14-15H,8-11,20H2,1-2H3;1H/t14-,15+;/m0./s1. The Labute approximate surface area is 168 Å². The van der Waals surface area contributed by atoms with Crippen LogP contribution < -0.4 is 17.0 Å². The third-order valence-electron chi connectivity index (χ3n) is 5.54. The van der Waals surface area contributed by atoms with Crippen molar-refractivity contribution in [3.63, 3.8) is 0 Å². The van der Waals surface area contributed by atoms with Crippen molar-refractivity contribution < 1.29 is 0 Å². The van der Waals surface area contributed by atoms with Gasteiger partial charge in [0.1, 0.15) is 0 Å². The quantitative estimate of drug-likeness (QED) is 0.674. The Morgan fingerprint density at radius 1 is 1.07 bits per heavy atom. The van der Waals surface area contributed by atoms with Crippen molar-refractivity contribution in [3.05, 3.63) is 63.1 Å². The molecule has 2 N–H and O–H groups in total. The van der Waals surface area contributed by atoms with E-state index in [0.29, 0.717) is 23.6 Å². The Morgan fingerprint density at radius 2 is 1.79 bits per heavy atom. The molecule has 0 saturated carbocycles. The lowest BCUT2D eigenvalue weighted by Gasteiger charge is -2.16. The maximum absolute atomic E-state index is 12.5. The predicted molar refractivity (Wildman–Crippen MR) is 111 cm³/mol. The molecular formula is C19H25ClN6O2. The molecular weight excluding hydrogens is 380 g/mol. The second-order valence-corrected chi connectivity index (χ2v) is 7.26. The fourth-order valence-electron chi connectivity index (χ4n) is 3.96. The lowest BCUT2D eigenvalue weighted by Crippen LogP contribution is -2.38. The minimum atomic E-state index is -0.367. The monoisotopic (exact) mass is 404 g/mol. The molecule has 0 bridgehead atoms. The largest absolute Gasteiger partial charge is 0.332 e. The van der Waals surface area contributed by atoms with Gasteiger partial charge in [-0.05, 0) is 5.56 Å². The van der Waals surface area contributed by atoms with Crippen LogP contribution in [0.5, 0.6) is 0 Å². The molecule has 4 rings (SSSR count). The van der Waals surface area contributed by atoms with Crippen LogP contribution in [-0.4, -0.2) is 49.3 Å². The number of aryl methyl sites for hydroxylation is 1. The fourth-order valence-corrected chi connectivity index (χ4v) is 3.96. The van der Waals surface area contributed by atoms with E-state index in [-0.39, 0.29) is 29.7 Å². The van der Waals surface area contributed by atoms with Crippen LogP contribution in [0.4, 0.5) is 0 Å². The first-order valence-corrected chi connectivity index (χ1v) is 9.11. The third-order valence-corrected chi connectivity index (χ3v) is 5.54. The van der Waals surface area contributed by atoms with Gasteiger partial charge in [-0.2, -0.15) is 0 Å². The zero-order valence-corrected chi connectivity index (χ0v) is 16.8. The predicted octanol–water partition coefficient (Wildman–Crippen LogP) is 0.282. The van der Waals surface area contributed by atoms with Gasteiger partial charge in [0.05, 0.1) is 6.33 Å². The molecule has 3 heterocycles. The molecule has 1 aromatic carbocycles. The van der Waals surface area contributed by atoms with E-state index in [0.717, 1.165) is 24.2 Å². The summed E-state index contributed by atoms with van der Waals surface area (Å²) in [5.41, 5.74) is 7.84. The zero-order chi connectivity index (χ0) is 19.1. The number of nitrogens with zero attached hydrogens (tertiary/aromatic N) is 5. The van der Waals surface area contributed by atoms with Crippen LogP contribution in [0.1, 0.15) is 11.5 Å². The fraction of sp³-hybridized carbons (Fsp3) is 0.421. The Morgan fingerprint density at radius 3 is 2.50 bits per heavy atom. The molecule has 0 amide bonds. The van der Waals surface area contributed by atoms with E-state index in [2.05, 4.69) is 22.0 Å². The molecule has 1 aliphatic rings. The summed E-state index contributed by atoms with van der Waals surface area (Å²) in [6.07, 6.45) is 1.64. The molecule has 9 heteroatoms. The molecule has 3 aromatic rings. The van der Waals surface area contributed by atoms with Gasteiger partial charge in [0.25, 0.3) is 5.56 Å². The first kappa shape index (κ1) is 20.3. The van der Waals surface area contributed by atoms with Gasteiger partial charge in [0.15, 0.2) is 11.2 Å². The Balaban J connectivity index is 0.00000225. The molecule has 2 atom stereocenters. The van der Waals surface area contributed by atoms with E-state index in [1.54, 1.807) is 13.4 Å². The van der Waals surface area contributed by atoms with Crippen molar-refractivity contribution in [2.45, 2.75) is 18.5 Å². The number of fused-ring (bicyclic) bond motifs is 1. The number of halogens is 1. The molecule has 0 radical (unpaired) electrons.